The summed E-state index contributed by atoms with van der Waals surface area (Å²) < 4.78 is 14.9. The zero-order chi connectivity index (χ0) is 19.6. The highest BCUT2D eigenvalue weighted by Crippen LogP contribution is 2.27. The van der Waals surface area contributed by atoms with Gasteiger partial charge in [-0.25, -0.2) is 4.39 Å². The number of para-hydroxylation sites is 1. The number of nitrogens with one attached hydrogen (secondary N) is 1. The van der Waals surface area contributed by atoms with Crippen molar-refractivity contribution in [1.29, 1.82) is 0 Å². The number of halogens is 1. The van der Waals surface area contributed by atoms with Crippen molar-refractivity contribution < 1.29 is 9.18 Å². The van der Waals surface area contributed by atoms with E-state index in [1.54, 1.807) is 16.7 Å². The molecule has 1 aromatic heterocycles. The molecular formula is C20H21FN4OS. The molecule has 0 spiro atoms. The van der Waals surface area contributed by atoms with Gasteiger partial charge in [-0.15, -0.1) is 10.2 Å². The topological polar surface area (TPSA) is 59.8 Å². The largest absolute Gasteiger partial charge is 0.325 e. The van der Waals surface area contributed by atoms with Gasteiger partial charge in [0, 0.05) is 18.3 Å². The van der Waals surface area contributed by atoms with Gasteiger partial charge < -0.3 is 9.88 Å². The van der Waals surface area contributed by atoms with Gasteiger partial charge in [-0.3, -0.25) is 4.79 Å². The van der Waals surface area contributed by atoms with E-state index < -0.39 is 0 Å². The number of carbonyl (C=O) groups excluding carboxylic acids is 1. The van der Waals surface area contributed by atoms with E-state index >= 15 is 0 Å². The zero-order valence-corrected chi connectivity index (χ0v) is 16.5. The molecule has 0 aliphatic rings. The van der Waals surface area contributed by atoms with Crippen molar-refractivity contribution in [1.82, 2.24) is 14.8 Å². The predicted octanol–water partition coefficient (Wildman–Crippen LogP) is 4.36. The fourth-order valence-corrected chi connectivity index (χ4v) is 3.53. The molecule has 0 saturated carbocycles. The molecule has 0 aliphatic carbocycles. The molecule has 0 aliphatic heterocycles. The van der Waals surface area contributed by atoms with Gasteiger partial charge in [0.15, 0.2) is 11.0 Å². The van der Waals surface area contributed by atoms with Crippen LogP contribution in [0.1, 0.15) is 18.1 Å². The summed E-state index contributed by atoms with van der Waals surface area (Å²) in [6, 6.07) is 12.0. The van der Waals surface area contributed by atoms with Gasteiger partial charge in [-0.1, -0.05) is 30.0 Å². The molecule has 5 nitrogen and oxygen atoms in total. The summed E-state index contributed by atoms with van der Waals surface area (Å²) in [4.78, 5) is 12.6. The van der Waals surface area contributed by atoms with Crippen LogP contribution in [0.25, 0.3) is 11.4 Å². The SMILES string of the molecule is Cc1cccc(C)c1NC(=O)[C@H](C)Sc1nnc(-c2ccc(F)cc2)n1C. The molecule has 1 atom stereocenters. The van der Waals surface area contributed by atoms with E-state index in [0.29, 0.717) is 11.0 Å². The van der Waals surface area contributed by atoms with Crippen molar-refractivity contribution in [3.63, 3.8) is 0 Å². The van der Waals surface area contributed by atoms with Crippen molar-refractivity contribution in [3.05, 3.63) is 59.4 Å². The lowest BCUT2D eigenvalue weighted by atomic mass is 10.1. The quantitative estimate of drug-likeness (QED) is 0.664. The van der Waals surface area contributed by atoms with Crippen LogP contribution in [0.5, 0.6) is 0 Å². The van der Waals surface area contributed by atoms with Crippen LogP contribution >= 0.6 is 11.8 Å². The van der Waals surface area contributed by atoms with Crippen LogP contribution < -0.4 is 5.32 Å². The Balaban J connectivity index is 1.73. The number of nitrogens with zero attached hydrogens (tertiary/aromatic N) is 3. The lowest BCUT2D eigenvalue weighted by Crippen LogP contribution is -2.23. The van der Waals surface area contributed by atoms with Crippen LogP contribution in [0.2, 0.25) is 0 Å². The number of hydrogen-bond donors (Lipinski definition) is 1. The maximum Gasteiger partial charge on any atom is 0.237 e. The summed E-state index contributed by atoms with van der Waals surface area (Å²) in [6.07, 6.45) is 0. The van der Waals surface area contributed by atoms with Crippen molar-refractivity contribution in [3.8, 4) is 11.4 Å². The van der Waals surface area contributed by atoms with Crippen molar-refractivity contribution in [2.24, 2.45) is 7.05 Å². The Bertz CT molecular complexity index is 948. The number of hydrogen-bond acceptors (Lipinski definition) is 4. The minimum atomic E-state index is -0.354. The number of carbonyl (C=O) groups is 1. The molecule has 0 fully saturated rings. The molecule has 140 valence electrons. The number of anilines is 1. The summed E-state index contributed by atoms with van der Waals surface area (Å²) in [5, 5.41) is 11.6. The molecular weight excluding hydrogens is 363 g/mol. The minimum absolute atomic E-state index is 0.0938. The molecule has 1 N–H and O–H groups in total. The van der Waals surface area contributed by atoms with E-state index in [9.17, 15) is 9.18 Å². The number of amides is 1. The van der Waals surface area contributed by atoms with E-state index in [1.165, 1.54) is 23.9 Å². The fourth-order valence-electron chi connectivity index (χ4n) is 2.72. The third-order valence-electron chi connectivity index (χ3n) is 4.32. The molecule has 2 aromatic carbocycles. The molecule has 0 radical (unpaired) electrons. The van der Waals surface area contributed by atoms with E-state index in [1.807, 2.05) is 46.0 Å². The van der Waals surface area contributed by atoms with Gasteiger partial charge in [0.1, 0.15) is 5.82 Å². The molecule has 0 unspecified atom stereocenters. The van der Waals surface area contributed by atoms with Gasteiger partial charge in [-0.2, -0.15) is 0 Å². The number of aryl methyl sites for hydroxylation is 2. The highest BCUT2D eigenvalue weighted by atomic mass is 32.2. The van der Waals surface area contributed by atoms with Crippen LogP contribution in [0.4, 0.5) is 10.1 Å². The second-order valence-electron chi connectivity index (χ2n) is 6.39. The fraction of sp³-hybridized carbons (Fsp3) is 0.250. The molecule has 0 saturated heterocycles. The van der Waals surface area contributed by atoms with Gasteiger partial charge >= 0.3 is 0 Å². The highest BCUT2D eigenvalue weighted by Gasteiger charge is 2.20. The van der Waals surface area contributed by atoms with Gasteiger partial charge in [0.2, 0.25) is 5.91 Å². The Morgan fingerprint density at radius 1 is 1.11 bits per heavy atom. The Morgan fingerprint density at radius 2 is 1.74 bits per heavy atom. The Kier molecular flexibility index (Phi) is 5.60. The molecule has 3 rings (SSSR count). The summed E-state index contributed by atoms with van der Waals surface area (Å²) >= 11 is 1.33. The number of aromatic nitrogens is 3. The molecule has 1 heterocycles. The van der Waals surface area contributed by atoms with Crippen LogP contribution in [-0.2, 0) is 11.8 Å². The first-order chi connectivity index (χ1) is 12.9. The Morgan fingerprint density at radius 3 is 2.37 bits per heavy atom. The summed E-state index contributed by atoms with van der Waals surface area (Å²) in [5.74, 6) is 0.232. The second-order valence-corrected chi connectivity index (χ2v) is 7.70. The van der Waals surface area contributed by atoms with Crippen molar-refractivity contribution in [2.45, 2.75) is 31.2 Å². The third kappa shape index (κ3) is 4.19. The first kappa shape index (κ1) is 19.1. The summed E-state index contributed by atoms with van der Waals surface area (Å²) in [5.41, 5.74) is 3.67. The van der Waals surface area contributed by atoms with E-state index in [-0.39, 0.29) is 17.0 Å². The first-order valence-electron chi connectivity index (χ1n) is 8.56. The molecule has 3 aromatic rings. The lowest BCUT2D eigenvalue weighted by molar-refractivity contribution is -0.115. The molecule has 1 amide bonds. The Labute approximate surface area is 162 Å². The standard InChI is InChI=1S/C20H21FN4OS/c1-12-6-5-7-13(2)17(12)22-19(26)14(3)27-20-24-23-18(25(20)4)15-8-10-16(21)11-9-15/h5-11,14H,1-4H3,(H,22,26)/t14-/m0/s1. The number of thioether (sulfide) groups is 1. The van der Waals surface area contributed by atoms with E-state index in [2.05, 4.69) is 15.5 Å². The lowest BCUT2D eigenvalue weighted by Gasteiger charge is -2.15. The maximum absolute atomic E-state index is 13.1. The van der Waals surface area contributed by atoms with Gasteiger partial charge in [0.25, 0.3) is 0 Å². The van der Waals surface area contributed by atoms with Crippen molar-refractivity contribution in [2.75, 3.05) is 5.32 Å². The van der Waals surface area contributed by atoms with Crippen LogP contribution in [0, 0.1) is 19.7 Å². The molecule has 27 heavy (non-hydrogen) atoms. The first-order valence-corrected chi connectivity index (χ1v) is 9.44. The normalized spacial score (nSPS) is 12.0. The number of rotatable bonds is 5. The smallest absolute Gasteiger partial charge is 0.237 e. The predicted molar refractivity (Wildman–Crippen MR) is 106 cm³/mol. The summed E-state index contributed by atoms with van der Waals surface area (Å²) in [6.45, 7) is 5.77. The van der Waals surface area contributed by atoms with Crippen molar-refractivity contribution >= 4 is 23.4 Å². The van der Waals surface area contributed by atoms with Gasteiger partial charge in [0.05, 0.1) is 5.25 Å². The van der Waals surface area contributed by atoms with E-state index in [0.717, 1.165) is 22.4 Å². The second kappa shape index (κ2) is 7.92. The number of benzene rings is 2. The average Bonchev–Trinajstić information content (AvgIpc) is 2.99. The van der Waals surface area contributed by atoms with Crippen LogP contribution in [0.15, 0.2) is 47.6 Å². The minimum Gasteiger partial charge on any atom is -0.325 e. The van der Waals surface area contributed by atoms with Crippen LogP contribution in [-0.4, -0.2) is 25.9 Å². The molecule has 7 heteroatoms. The third-order valence-corrected chi connectivity index (χ3v) is 5.45. The molecule has 0 bridgehead atoms. The Hall–Kier alpha value is -2.67. The van der Waals surface area contributed by atoms with Gasteiger partial charge in [-0.05, 0) is 56.2 Å². The monoisotopic (exact) mass is 384 g/mol. The average molecular weight is 384 g/mol. The summed E-state index contributed by atoms with van der Waals surface area (Å²) in [7, 11) is 1.83. The van der Waals surface area contributed by atoms with Crippen LogP contribution in [0.3, 0.4) is 0 Å². The maximum atomic E-state index is 13.1. The van der Waals surface area contributed by atoms with E-state index in [4.69, 9.17) is 0 Å². The highest BCUT2D eigenvalue weighted by molar-refractivity contribution is 8.00. The zero-order valence-electron chi connectivity index (χ0n) is 15.7.